The highest BCUT2D eigenvalue weighted by atomic mass is 16.6. The largest absolute Gasteiger partial charge is 0.462 e. The first-order valence-corrected chi connectivity index (χ1v) is 9.22. The van der Waals surface area contributed by atoms with Gasteiger partial charge in [-0.25, -0.2) is 0 Å². The topological polar surface area (TPSA) is 69.4 Å². The predicted molar refractivity (Wildman–Crippen MR) is 97.2 cm³/mol. The summed E-state index contributed by atoms with van der Waals surface area (Å²) < 4.78 is 5.86. The van der Waals surface area contributed by atoms with Gasteiger partial charge in [0.1, 0.15) is 6.10 Å². The van der Waals surface area contributed by atoms with Crippen molar-refractivity contribution in [1.29, 1.82) is 0 Å². The van der Waals surface area contributed by atoms with Crippen LogP contribution in [0.2, 0.25) is 0 Å². The van der Waals surface area contributed by atoms with Crippen LogP contribution in [0.3, 0.4) is 0 Å². The summed E-state index contributed by atoms with van der Waals surface area (Å²) in [5.74, 6) is 0.807. The Morgan fingerprint density at radius 3 is 2.60 bits per heavy atom. The van der Waals surface area contributed by atoms with Crippen molar-refractivity contribution in [1.82, 2.24) is 0 Å². The number of nitro benzene ring substituents is 1. The summed E-state index contributed by atoms with van der Waals surface area (Å²) >= 11 is 0. The van der Waals surface area contributed by atoms with Gasteiger partial charge in [-0.05, 0) is 37.0 Å². The molecular weight excluding hydrogens is 318 g/mol. The van der Waals surface area contributed by atoms with Crippen molar-refractivity contribution in [2.24, 2.45) is 23.7 Å². The molecule has 0 radical (unpaired) electrons. The summed E-state index contributed by atoms with van der Waals surface area (Å²) in [6.45, 7) is 8.35. The molecule has 1 aromatic carbocycles. The molecule has 5 nitrogen and oxygen atoms in total. The predicted octanol–water partition coefficient (Wildman–Crippen LogP) is 4.78. The smallest absolute Gasteiger partial charge is 0.309 e. The van der Waals surface area contributed by atoms with Gasteiger partial charge in [-0.3, -0.25) is 14.9 Å². The van der Waals surface area contributed by atoms with E-state index in [9.17, 15) is 14.9 Å². The fourth-order valence-corrected chi connectivity index (χ4v) is 3.79. The Labute approximate surface area is 149 Å². The molecule has 0 bridgehead atoms. The Morgan fingerprint density at radius 2 is 1.96 bits per heavy atom. The number of hydrogen-bond acceptors (Lipinski definition) is 4. The van der Waals surface area contributed by atoms with Crippen LogP contribution in [0, 0.1) is 33.8 Å². The molecule has 0 aliphatic heterocycles. The maximum Gasteiger partial charge on any atom is 0.309 e. The molecule has 0 N–H and O–H groups in total. The molecule has 0 spiro atoms. The van der Waals surface area contributed by atoms with Gasteiger partial charge < -0.3 is 4.74 Å². The number of ether oxygens (including phenoxy) is 1. The lowest BCUT2D eigenvalue weighted by atomic mass is 9.75. The maximum atomic E-state index is 12.6. The molecule has 1 aromatic rings. The zero-order valence-corrected chi connectivity index (χ0v) is 15.6. The third-order valence-electron chi connectivity index (χ3n) is 5.35. The Kier molecular flexibility index (Phi) is 6.57. The zero-order chi connectivity index (χ0) is 18.6. The van der Waals surface area contributed by atoms with Crippen molar-refractivity contribution in [3.63, 3.8) is 0 Å². The van der Waals surface area contributed by atoms with Crippen LogP contribution in [0.5, 0.6) is 0 Å². The summed E-state index contributed by atoms with van der Waals surface area (Å²) in [5.41, 5.74) is 0.642. The van der Waals surface area contributed by atoms with Crippen molar-refractivity contribution in [2.45, 2.75) is 59.5 Å². The van der Waals surface area contributed by atoms with Crippen molar-refractivity contribution in [3.05, 3.63) is 39.9 Å². The van der Waals surface area contributed by atoms with E-state index < -0.39 is 10.8 Å². The molecule has 2 rings (SSSR count). The number of para-hydroxylation sites is 1. The van der Waals surface area contributed by atoms with E-state index >= 15 is 0 Å². The number of carbonyl (C=O) groups is 1. The van der Waals surface area contributed by atoms with Gasteiger partial charge >= 0.3 is 5.97 Å². The van der Waals surface area contributed by atoms with Crippen LogP contribution in [-0.2, 0) is 16.0 Å². The van der Waals surface area contributed by atoms with E-state index in [1.165, 1.54) is 12.5 Å². The SMILES string of the molecule is CC(C)[C@@H]1CC[C@@H](C)CC1OC(=O)[C@@H](C)Cc1ccccc1[N+](=O)[O-]. The van der Waals surface area contributed by atoms with Crippen LogP contribution < -0.4 is 0 Å². The second kappa shape index (κ2) is 8.45. The summed E-state index contributed by atoms with van der Waals surface area (Å²) in [6, 6.07) is 6.59. The highest BCUT2D eigenvalue weighted by molar-refractivity contribution is 5.73. The van der Waals surface area contributed by atoms with Crippen LogP contribution in [-0.4, -0.2) is 17.0 Å². The Bertz CT molecular complexity index is 613. The van der Waals surface area contributed by atoms with Crippen molar-refractivity contribution in [3.8, 4) is 0 Å². The number of nitro groups is 1. The molecule has 1 saturated carbocycles. The molecule has 138 valence electrons. The van der Waals surface area contributed by atoms with Crippen LogP contribution in [0.4, 0.5) is 5.69 Å². The standard InChI is InChI=1S/C20H29NO4/c1-13(2)17-10-9-14(3)11-19(17)25-20(22)15(4)12-16-7-5-6-8-18(16)21(23)24/h5-8,13-15,17,19H,9-12H2,1-4H3/t14-,15+,17+,19?/m1/s1. The highest BCUT2D eigenvalue weighted by Gasteiger charge is 2.34. The molecular formula is C20H29NO4. The minimum atomic E-state index is -0.398. The van der Waals surface area contributed by atoms with Crippen LogP contribution in [0.25, 0.3) is 0 Å². The van der Waals surface area contributed by atoms with Gasteiger partial charge in [0.05, 0.1) is 10.8 Å². The van der Waals surface area contributed by atoms with Gasteiger partial charge in [0, 0.05) is 11.6 Å². The molecule has 0 heterocycles. The van der Waals surface area contributed by atoms with Crippen molar-refractivity contribution < 1.29 is 14.5 Å². The fourth-order valence-electron chi connectivity index (χ4n) is 3.79. The lowest BCUT2D eigenvalue weighted by molar-refractivity contribution is -0.385. The maximum absolute atomic E-state index is 12.6. The molecule has 0 amide bonds. The van der Waals surface area contributed by atoms with E-state index in [1.54, 1.807) is 25.1 Å². The van der Waals surface area contributed by atoms with E-state index in [4.69, 9.17) is 4.74 Å². The number of esters is 1. The molecule has 25 heavy (non-hydrogen) atoms. The Balaban J connectivity index is 2.03. The number of benzene rings is 1. The average Bonchev–Trinajstić information content (AvgIpc) is 2.54. The molecule has 1 aliphatic carbocycles. The highest BCUT2D eigenvalue weighted by Crippen LogP contribution is 2.36. The first-order chi connectivity index (χ1) is 11.8. The van der Waals surface area contributed by atoms with Gasteiger partial charge in [0.25, 0.3) is 5.69 Å². The molecule has 0 aromatic heterocycles. The quantitative estimate of drug-likeness (QED) is 0.422. The number of nitrogens with zero attached hydrogens (tertiary/aromatic N) is 1. The van der Waals surface area contributed by atoms with Crippen molar-refractivity contribution >= 4 is 11.7 Å². The van der Waals surface area contributed by atoms with Gasteiger partial charge in [0.2, 0.25) is 0 Å². The fraction of sp³-hybridized carbons (Fsp3) is 0.650. The van der Waals surface area contributed by atoms with E-state index in [1.807, 2.05) is 0 Å². The van der Waals surface area contributed by atoms with Crippen molar-refractivity contribution in [2.75, 3.05) is 0 Å². The second-order valence-corrected chi connectivity index (χ2v) is 7.79. The first-order valence-electron chi connectivity index (χ1n) is 9.22. The normalized spacial score (nSPS) is 24.8. The number of rotatable bonds is 6. The molecule has 0 saturated heterocycles. The monoisotopic (exact) mass is 347 g/mol. The van der Waals surface area contributed by atoms with E-state index in [-0.39, 0.29) is 17.8 Å². The molecule has 1 fully saturated rings. The lowest BCUT2D eigenvalue weighted by Crippen LogP contribution is -2.37. The van der Waals surface area contributed by atoms with E-state index in [0.717, 1.165) is 12.8 Å². The molecule has 1 unspecified atom stereocenters. The third-order valence-corrected chi connectivity index (χ3v) is 5.35. The molecule has 1 aliphatic rings. The number of hydrogen-bond donors (Lipinski definition) is 0. The summed E-state index contributed by atoms with van der Waals surface area (Å²) in [6.07, 6.45) is 3.47. The van der Waals surface area contributed by atoms with Gasteiger partial charge in [-0.15, -0.1) is 0 Å². The third kappa shape index (κ3) is 5.03. The van der Waals surface area contributed by atoms with Crippen LogP contribution >= 0.6 is 0 Å². The second-order valence-electron chi connectivity index (χ2n) is 7.79. The molecule has 5 heteroatoms. The zero-order valence-electron chi connectivity index (χ0n) is 15.6. The van der Waals surface area contributed by atoms with Gasteiger partial charge in [-0.1, -0.05) is 52.3 Å². The average molecular weight is 347 g/mol. The lowest BCUT2D eigenvalue weighted by Gasteiger charge is -2.37. The summed E-state index contributed by atoms with van der Waals surface area (Å²) in [5, 5.41) is 11.1. The summed E-state index contributed by atoms with van der Waals surface area (Å²) in [4.78, 5) is 23.3. The Morgan fingerprint density at radius 1 is 1.28 bits per heavy atom. The number of carbonyl (C=O) groups excluding carboxylic acids is 1. The van der Waals surface area contributed by atoms with E-state index in [2.05, 4.69) is 20.8 Å². The van der Waals surface area contributed by atoms with Crippen LogP contribution in [0.1, 0.15) is 52.5 Å². The Hall–Kier alpha value is -1.91. The van der Waals surface area contributed by atoms with Crippen LogP contribution in [0.15, 0.2) is 24.3 Å². The van der Waals surface area contributed by atoms with Gasteiger partial charge in [0.15, 0.2) is 0 Å². The minimum Gasteiger partial charge on any atom is -0.462 e. The van der Waals surface area contributed by atoms with E-state index in [0.29, 0.717) is 29.7 Å². The summed E-state index contributed by atoms with van der Waals surface area (Å²) in [7, 11) is 0. The molecule has 4 atom stereocenters. The minimum absolute atomic E-state index is 0.0375. The first kappa shape index (κ1) is 19.4. The van der Waals surface area contributed by atoms with Gasteiger partial charge in [-0.2, -0.15) is 0 Å².